The Morgan fingerprint density at radius 3 is 2.58 bits per heavy atom. The van der Waals surface area contributed by atoms with E-state index in [4.69, 9.17) is 10.5 Å². The molecule has 0 amide bonds. The van der Waals surface area contributed by atoms with E-state index in [1.807, 2.05) is 24.3 Å². The Balaban J connectivity index is 2.24. The SMILES string of the molecule is COC(=O)c1nc(N)nn1Cc1ccc(OC)cc1. The molecule has 19 heavy (non-hydrogen) atoms. The molecule has 7 nitrogen and oxygen atoms in total. The summed E-state index contributed by atoms with van der Waals surface area (Å²) in [5, 5.41) is 3.97. The van der Waals surface area contributed by atoms with Gasteiger partial charge < -0.3 is 15.2 Å². The van der Waals surface area contributed by atoms with Gasteiger partial charge in [0.25, 0.3) is 0 Å². The number of aromatic nitrogens is 3. The second kappa shape index (κ2) is 5.38. The van der Waals surface area contributed by atoms with Crippen LogP contribution in [-0.4, -0.2) is 35.0 Å². The number of rotatable bonds is 4. The largest absolute Gasteiger partial charge is 0.497 e. The highest BCUT2D eigenvalue weighted by Crippen LogP contribution is 2.13. The Hall–Kier alpha value is -2.57. The average Bonchev–Trinajstić information content (AvgIpc) is 2.79. The molecule has 2 rings (SSSR count). The van der Waals surface area contributed by atoms with Crippen molar-refractivity contribution < 1.29 is 14.3 Å². The van der Waals surface area contributed by atoms with Crippen LogP contribution in [0, 0.1) is 0 Å². The normalized spacial score (nSPS) is 10.2. The minimum Gasteiger partial charge on any atom is -0.497 e. The zero-order chi connectivity index (χ0) is 13.8. The number of esters is 1. The molecule has 0 aliphatic carbocycles. The van der Waals surface area contributed by atoms with Crippen LogP contribution in [0.4, 0.5) is 5.95 Å². The third-order valence-electron chi connectivity index (χ3n) is 2.55. The van der Waals surface area contributed by atoms with Gasteiger partial charge in [0.05, 0.1) is 20.8 Å². The summed E-state index contributed by atoms with van der Waals surface area (Å²) in [6.45, 7) is 0.374. The first-order valence-corrected chi connectivity index (χ1v) is 5.55. The van der Waals surface area contributed by atoms with Gasteiger partial charge >= 0.3 is 5.97 Å². The second-order valence-corrected chi connectivity index (χ2v) is 3.79. The van der Waals surface area contributed by atoms with Gasteiger partial charge in [-0.1, -0.05) is 12.1 Å². The molecule has 0 aliphatic heterocycles. The van der Waals surface area contributed by atoms with E-state index < -0.39 is 5.97 Å². The molecule has 0 unspecified atom stereocenters. The second-order valence-electron chi connectivity index (χ2n) is 3.79. The van der Waals surface area contributed by atoms with E-state index in [2.05, 4.69) is 14.8 Å². The van der Waals surface area contributed by atoms with E-state index in [1.165, 1.54) is 11.8 Å². The van der Waals surface area contributed by atoms with Crippen LogP contribution in [0.5, 0.6) is 5.75 Å². The molecule has 0 radical (unpaired) electrons. The Kier molecular flexibility index (Phi) is 3.65. The number of anilines is 1. The van der Waals surface area contributed by atoms with Gasteiger partial charge in [-0.3, -0.25) is 0 Å². The fourth-order valence-electron chi connectivity index (χ4n) is 1.62. The molecule has 0 bridgehead atoms. The summed E-state index contributed by atoms with van der Waals surface area (Å²) in [5.41, 5.74) is 6.44. The molecular formula is C12H14N4O3. The lowest BCUT2D eigenvalue weighted by Gasteiger charge is -2.05. The average molecular weight is 262 g/mol. The summed E-state index contributed by atoms with van der Waals surface area (Å²) in [6.07, 6.45) is 0. The zero-order valence-corrected chi connectivity index (χ0v) is 10.7. The van der Waals surface area contributed by atoms with Crippen molar-refractivity contribution in [2.45, 2.75) is 6.54 Å². The number of benzene rings is 1. The van der Waals surface area contributed by atoms with Crippen molar-refractivity contribution in [1.29, 1.82) is 0 Å². The van der Waals surface area contributed by atoms with Crippen LogP contribution in [0.3, 0.4) is 0 Å². The number of hydrogen-bond donors (Lipinski definition) is 1. The van der Waals surface area contributed by atoms with Crippen molar-refractivity contribution in [3.8, 4) is 5.75 Å². The molecule has 7 heteroatoms. The topological polar surface area (TPSA) is 92.3 Å². The number of carbonyl (C=O) groups excluding carboxylic acids is 1. The quantitative estimate of drug-likeness (QED) is 0.815. The molecule has 0 aliphatic rings. The first-order chi connectivity index (χ1) is 9.13. The Morgan fingerprint density at radius 2 is 2.00 bits per heavy atom. The van der Waals surface area contributed by atoms with Crippen molar-refractivity contribution >= 4 is 11.9 Å². The maximum Gasteiger partial charge on any atom is 0.375 e. The molecule has 100 valence electrons. The lowest BCUT2D eigenvalue weighted by molar-refractivity contribution is 0.0580. The number of carbonyl (C=O) groups is 1. The predicted molar refractivity (Wildman–Crippen MR) is 67.9 cm³/mol. The molecule has 1 aromatic carbocycles. The zero-order valence-electron chi connectivity index (χ0n) is 10.7. The van der Waals surface area contributed by atoms with Crippen molar-refractivity contribution in [3.63, 3.8) is 0 Å². The molecule has 0 atom stereocenters. The van der Waals surface area contributed by atoms with Crippen LogP contribution in [-0.2, 0) is 11.3 Å². The van der Waals surface area contributed by atoms with Gasteiger partial charge in [-0.25, -0.2) is 9.48 Å². The maximum atomic E-state index is 11.5. The van der Waals surface area contributed by atoms with Crippen molar-refractivity contribution in [2.75, 3.05) is 20.0 Å². The van der Waals surface area contributed by atoms with Gasteiger partial charge in [0.15, 0.2) is 0 Å². The maximum absolute atomic E-state index is 11.5. The minimum absolute atomic E-state index is 0.0360. The monoisotopic (exact) mass is 262 g/mol. The molecule has 1 heterocycles. The Bertz CT molecular complexity index is 577. The highest BCUT2D eigenvalue weighted by Gasteiger charge is 2.16. The Labute approximate surface area is 110 Å². The number of nitrogens with two attached hydrogens (primary N) is 1. The van der Waals surface area contributed by atoms with Crippen molar-refractivity contribution in [3.05, 3.63) is 35.7 Å². The van der Waals surface area contributed by atoms with Crippen molar-refractivity contribution in [1.82, 2.24) is 14.8 Å². The van der Waals surface area contributed by atoms with Crippen LogP contribution in [0.25, 0.3) is 0 Å². The van der Waals surface area contributed by atoms with E-state index in [-0.39, 0.29) is 11.8 Å². The number of hydrogen-bond acceptors (Lipinski definition) is 6. The van der Waals surface area contributed by atoms with Crippen molar-refractivity contribution in [2.24, 2.45) is 0 Å². The van der Waals surface area contributed by atoms with Gasteiger partial charge in [0.2, 0.25) is 11.8 Å². The van der Waals surface area contributed by atoms with Gasteiger partial charge in [-0.2, -0.15) is 4.98 Å². The summed E-state index contributed by atoms with van der Waals surface area (Å²) in [7, 11) is 2.88. The Morgan fingerprint density at radius 1 is 1.32 bits per heavy atom. The number of nitrogen functional groups attached to an aromatic ring is 1. The number of methoxy groups -OCH3 is 2. The first kappa shape index (κ1) is 12.9. The summed E-state index contributed by atoms with van der Waals surface area (Å²) >= 11 is 0. The van der Waals surface area contributed by atoms with Crippen LogP contribution in [0.2, 0.25) is 0 Å². The first-order valence-electron chi connectivity index (χ1n) is 5.55. The minimum atomic E-state index is -0.572. The van der Waals surface area contributed by atoms with Gasteiger partial charge in [-0.05, 0) is 17.7 Å². The lowest BCUT2D eigenvalue weighted by Crippen LogP contribution is -2.13. The predicted octanol–water partition coefficient (Wildman–Crippen LogP) is 0.704. The van der Waals surface area contributed by atoms with Crippen LogP contribution in [0.1, 0.15) is 16.2 Å². The highest BCUT2D eigenvalue weighted by atomic mass is 16.5. The molecule has 0 saturated carbocycles. The van der Waals surface area contributed by atoms with E-state index in [0.717, 1.165) is 11.3 Å². The molecule has 2 N–H and O–H groups in total. The number of ether oxygens (including phenoxy) is 2. The van der Waals surface area contributed by atoms with Crippen LogP contribution < -0.4 is 10.5 Å². The van der Waals surface area contributed by atoms with E-state index >= 15 is 0 Å². The van der Waals surface area contributed by atoms with Crippen LogP contribution >= 0.6 is 0 Å². The van der Waals surface area contributed by atoms with E-state index in [9.17, 15) is 4.79 Å². The third-order valence-corrected chi connectivity index (χ3v) is 2.55. The molecule has 0 spiro atoms. The van der Waals surface area contributed by atoms with Gasteiger partial charge in [-0.15, -0.1) is 5.10 Å². The molecule has 0 fully saturated rings. The standard InChI is InChI=1S/C12H14N4O3/c1-18-9-5-3-8(4-6-9)7-16-10(11(17)19-2)14-12(13)15-16/h3-6H,7H2,1-2H3,(H2,13,15). The molecule has 2 aromatic rings. The molecular weight excluding hydrogens is 248 g/mol. The fourth-order valence-corrected chi connectivity index (χ4v) is 1.62. The highest BCUT2D eigenvalue weighted by molar-refractivity contribution is 5.85. The molecule has 1 aromatic heterocycles. The van der Waals surface area contributed by atoms with Gasteiger partial charge in [0.1, 0.15) is 5.75 Å². The third kappa shape index (κ3) is 2.82. The fraction of sp³-hybridized carbons (Fsp3) is 0.250. The van der Waals surface area contributed by atoms with E-state index in [1.54, 1.807) is 7.11 Å². The summed E-state index contributed by atoms with van der Waals surface area (Å²) in [4.78, 5) is 15.4. The van der Waals surface area contributed by atoms with Gasteiger partial charge in [0, 0.05) is 0 Å². The summed E-state index contributed by atoms with van der Waals surface area (Å²) in [5.74, 6) is 0.303. The van der Waals surface area contributed by atoms with E-state index in [0.29, 0.717) is 6.54 Å². The van der Waals surface area contributed by atoms with Crippen LogP contribution in [0.15, 0.2) is 24.3 Å². The lowest BCUT2D eigenvalue weighted by atomic mass is 10.2. The molecule has 0 saturated heterocycles. The summed E-state index contributed by atoms with van der Waals surface area (Å²) < 4.78 is 11.1. The summed E-state index contributed by atoms with van der Waals surface area (Å²) in [6, 6.07) is 7.40. The smallest absolute Gasteiger partial charge is 0.375 e. The number of nitrogens with zero attached hydrogens (tertiary/aromatic N) is 3.